The van der Waals surface area contributed by atoms with Crippen LogP contribution in [0.15, 0.2) is 77.9 Å². The highest BCUT2D eigenvalue weighted by Crippen LogP contribution is 2.40. The maximum Gasteiger partial charge on any atom is 0.257 e. The SMILES string of the molecule is O=C(c1ccoc1)N1CCC(N2CC(Oc3ccccc3)C2c2ccncc2)CC1. The number of furan rings is 1. The summed E-state index contributed by atoms with van der Waals surface area (Å²) in [4.78, 5) is 21.2. The first-order valence-corrected chi connectivity index (χ1v) is 10.5. The topological polar surface area (TPSA) is 58.8 Å². The molecule has 0 spiro atoms. The Balaban J connectivity index is 1.26. The van der Waals surface area contributed by atoms with E-state index in [1.54, 1.807) is 12.3 Å². The minimum Gasteiger partial charge on any atom is -0.487 e. The third kappa shape index (κ3) is 3.71. The number of para-hydroxylation sites is 1. The van der Waals surface area contributed by atoms with E-state index in [4.69, 9.17) is 9.15 Å². The Labute approximate surface area is 176 Å². The summed E-state index contributed by atoms with van der Waals surface area (Å²) in [6.45, 7) is 2.42. The van der Waals surface area contributed by atoms with Crippen LogP contribution in [0.5, 0.6) is 5.75 Å². The van der Waals surface area contributed by atoms with Gasteiger partial charge in [0.15, 0.2) is 0 Å². The van der Waals surface area contributed by atoms with Crippen molar-refractivity contribution in [1.82, 2.24) is 14.8 Å². The van der Waals surface area contributed by atoms with Crippen molar-refractivity contribution in [2.45, 2.75) is 31.0 Å². The van der Waals surface area contributed by atoms with E-state index in [-0.39, 0.29) is 18.1 Å². The molecule has 2 atom stereocenters. The zero-order valence-corrected chi connectivity index (χ0v) is 16.8. The minimum absolute atomic E-state index is 0.0572. The third-order valence-corrected chi connectivity index (χ3v) is 6.17. The minimum atomic E-state index is 0.0572. The van der Waals surface area contributed by atoms with Crippen LogP contribution in [0.3, 0.4) is 0 Å². The van der Waals surface area contributed by atoms with Crippen molar-refractivity contribution in [2.24, 2.45) is 0 Å². The Morgan fingerprint density at radius 2 is 1.80 bits per heavy atom. The fourth-order valence-corrected chi connectivity index (χ4v) is 4.58. The molecule has 2 saturated heterocycles. The second kappa shape index (κ2) is 8.32. The fraction of sp³-hybridized carbons (Fsp3) is 0.333. The third-order valence-electron chi connectivity index (χ3n) is 6.17. The largest absolute Gasteiger partial charge is 0.487 e. The highest BCUT2D eigenvalue weighted by Gasteiger charge is 2.46. The Morgan fingerprint density at radius 3 is 2.50 bits per heavy atom. The number of piperidine rings is 1. The standard InChI is InChI=1S/C24H25N3O3/c28-24(19-10-15-29-17-19)26-13-8-20(9-14-26)27-16-22(30-21-4-2-1-3-5-21)23(27)18-6-11-25-12-7-18/h1-7,10-12,15,17,20,22-23H,8-9,13-14,16H2. The molecule has 30 heavy (non-hydrogen) atoms. The number of benzene rings is 1. The van der Waals surface area contributed by atoms with Gasteiger partial charge in [-0.15, -0.1) is 0 Å². The second-order valence-electron chi connectivity index (χ2n) is 7.93. The molecule has 2 aliphatic rings. The molecule has 6 heteroatoms. The number of pyridine rings is 1. The van der Waals surface area contributed by atoms with Crippen LogP contribution < -0.4 is 4.74 Å². The maximum atomic E-state index is 12.6. The molecule has 0 N–H and O–H groups in total. The van der Waals surface area contributed by atoms with Gasteiger partial charge in [-0.1, -0.05) is 18.2 Å². The number of carbonyl (C=O) groups is 1. The molecule has 0 radical (unpaired) electrons. The van der Waals surface area contributed by atoms with Gasteiger partial charge in [0.05, 0.1) is 17.9 Å². The van der Waals surface area contributed by atoms with Gasteiger partial charge in [0.2, 0.25) is 0 Å². The van der Waals surface area contributed by atoms with Crippen molar-refractivity contribution in [1.29, 1.82) is 0 Å². The van der Waals surface area contributed by atoms with Gasteiger partial charge >= 0.3 is 0 Å². The number of hydrogen-bond acceptors (Lipinski definition) is 5. The highest BCUT2D eigenvalue weighted by molar-refractivity contribution is 5.93. The van der Waals surface area contributed by atoms with E-state index < -0.39 is 0 Å². The van der Waals surface area contributed by atoms with Crippen molar-refractivity contribution in [2.75, 3.05) is 19.6 Å². The van der Waals surface area contributed by atoms with Crippen LogP contribution in [0.4, 0.5) is 0 Å². The lowest BCUT2D eigenvalue weighted by Gasteiger charge is -2.53. The van der Waals surface area contributed by atoms with Gasteiger partial charge in [0, 0.05) is 38.1 Å². The predicted octanol–water partition coefficient (Wildman–Crippen LogP) is 3.78. The molecule has 1 amide bonds. The maximum absolute atomic E-state index is 12.6. The van der Waals surface area contributed by atoms with E-state index in [0.29, 0.717) is 11.6 Å². The van der Waals surface area contributed by atoms with Crippen molar-refractivity contribution >= 4 is 5.91 Å². The lowest BCUT2D eigenvalue weighted by atomic mass is 9.87. The van der Waals surface area contributed by atoms with Gasteiger partial charge in [0.1, 0.15) is 18.1 Å². The molecule has 5 rings (SSSR count). The van der Waals surface area contributed by atoms with Crippen molar-refractivity contribution < 1.29 is 13.9 Å². The van der Waals surface area contributed by atoms with Crippen LogP contribution in [-0.2, 0) is 0 Å². The van der Waals surface area contributed by atoms with E-state index in [2.05, 4.69) is 22.0 Å². The van der Waals surface area contributed by atoms with E-state index in [1.807, 2.05) is 47.6 Å². The molecule has 2 aromatic heterocycles. The molecule has 3 aromatic rings. The lowest BCUT2D eigenvalue weighted by Crippen LogP contribution is -2.61. The molecule has 2 fully saturated rings. The number of aromatic nitrogens is 1. The summed E-state index contributed by atoms with van der Waals surface area (Å²) >= 11 is 0. The van der Waals surface area contributed by atoms with Crippen LogP contribution in [-0.4, -0.2) is 52.5 Å². The molecule has 1 aromatic carbocycles. The fourth-order valence-electron chi connectivity index (χ4n) is 4.58. The Morgan fingerprint density at radius 1 is 1.03 bits per heavy atom. The van der Waals surface area contributed by atoms with Gasteiger partial charge in [0.25, 0.3) is 5.91 Å². The first-order valence-electron chi connectivity index (χ1n) is 10.5. The Hall–Kier alpha value is -3.12. The first-order chi connectivity index (χ1) is 14.8. The number of nitrogens with zero attached hydrogens (tertiary/aromatic N) is 3. The monoisotopic (exact) mass is 403 g/mol. The van der Waals surface area contributed by atoms with Crippen LogP contribution in [0.25, 0.3) is 0 Å². The second-order valence-corrected chi connectivity index (χ2v) is 7.93. The quantitative estimate of drug-likeness (QED) is 0.649. The average molecular weight is 403 g/mol. The van der Waals surface area contributed by atoms with Gasteiger partial charge in [-0.25, -0.2) is 0 Å². The molecule has 6 nitrogen and oxygen atoms in total. The van der Waals surface area contributed by atoms with Crippen LogP contribution in [0.1, 0.15) is 34.8 Å². The van der Waals surface area contributed by atoms with Crippen molar-refractivity contribution in [3.8, 4) is 5.75 Å². The predicted molar refractivity (Wildman–Crippen MR) is 112 cm³/mol. The van der Waals surface area contributed by atoms with E-state index in [0.717, 1.165) is 38.2 Å². The zero-order valence-electron chi connectivity index (χ0n) is 16.8. The molecular weight excluding hydrogens is 378 g/mol. The normalized spacial score (nSPS) is 22.5. The van der Waals surface area contributed by atoms with Gasteiger partial charge in [-0.3, -0.25) is 14.7 Å². The molecule has 2 aliphatic heterocycles. The number of amides is 1. The zero-order chi connectivity index (χ0) is 20.3. The lowest BCUT2D eigenvalue weighted by molar-refractivity contribution is -0.0842. The van der Waals surface area contributed by atoms with Crippen LogP contribution in [0.2, 0.25) is 0 Å². The number of ether oxygens (including phenoxy) is 1. The van der Waals surface area contributed by atoms with E-state index >= 15 is 0 Å². The average Bonchev–Trinajstić information content (AvgIpc) is 3.32. The van der Waals surface area contributed by atoms with Gasteiger partial charge in [-0.05, 0) is 48.7 Å². The molecular formula is C24H25N3O3. The molecule has 0 saturated carbocycles. The van der Waals surface area contributed by atoms with Gasteiger partial charge in [-0.2, -0.15) is 0 Å². The molecule has 0 aliphatic carbocycles. The summed E-state index contributed by atoms with van der Waals surface area (Å²) in [5, 5.41) is 0. The molecule has 0 bridgehead atoms. The Kier molecular flexibility index (Phi) is 5.24. The number of likely N-dealkylation sites (tertiary alicyclic amines) is 2. The van der Waals surface area contributed by atoms with Crippen molar-refractivity contribution in [3.63, 3.8) is 0 Å². The smallest absolute Gasteiger partial charge is 0.257 e. The van der Waals surface area contributed by atoms with E-state index in [9.17, 15) is 4.79 Å². The van der Waals surface area contributed by atoms with Gasteiger partial charge < -0.3 is 14.1 Å². The number of hydrogen-bond donors (Lipinski definition) is 0. The summed E-state index contributed by atoms with van der Waals surface area (Å²) < 4.78 is 11.4. The molecule has 2 unspecified atom stereocenters. The molecule has 154 valence electrons. The Bertz CT molecular complexity index is 954. The number of rotatable bonds is 5. The van der Waals surface area contributed by atoms with E-state index in [1.165, 1.54) is 11.8 Å². The summed E-state index contributed by atoms with van der Waals surface area (Å²) in [6, 6.07) is 16.5. The van der Waals surface area contributed by atoms with Crippen LogP contribution >= 0.6 is 0 Å². The highest BCUT2D eigenvalue weighted by atomic mass is 16.5. The summed E-state index contributed by atoms with van der Waals surface area (Å²) in [5.41, 5.74) is 1.86. The molecule has 4 heterocycles. The van der Waals surface area contributed by atoms with Crippen molar-refractivity contribution in [3.05, 3.63) is 84.6 Å². The summed E-state index contributed by atoms with van der Waals surface area (Å²) in [7, 11) is 0. The first kappa shape index (κ1) is 18.9. The summed E-state index contributed by atoms with van der Waals surface area (Å²) in [6.07, 6.45) is 8.79. The van der Waals surface area contributed by atoms with Crippen LogP contribution in [0, 0.1) is 0 Å². The number of carbonyl (C=O) groups excluding carboxylic acids is 1. The summed E-state index contributed by atoms with van der Waals surface area (Å²) in [5.74, 6) is 0.962.